The second-order valence-electron chi connectivity index (χ2n) is 7.46. The van der Waals surface area contributed by atoms with Crippen molar-refractivity contribution in [1.82, 2.24) is 20.6 Å². The van der Waals surface area contributed by atoms with Crippen molar-refractivity contribution in [3.05, 3.63) is 39.6 Å². The molecule has 1 aromatic carbocycles. The van der Waals surface area contributed by atoms with Crippen LogP contribution in [0.25, 0.3) is 21.1 Å². The van der Waals surface area contributed by atoms with Gasteiger partial charge < -0.3 is 20.8 Å². The fraction of sp³-hybridized carbons (Fsp3) is 0.333. The van der Waals surface area contributed by atoms with Gasteiger partial charge in [-0.05, 0) is 45.0 Å². The Bertz CT molecular complexity index is 1170. The molecule has 4 N–H and O–H groups in total. The number of hydrogen-bond donors (Lipinski definition) is 4. The van der Waals surface area contributed by atoms with Crippen LogP contribution in [-0.2, 0) is 11.3 Å². The number of carboxylic acids is 1. The van der Waals surface area contributed by atoms with Crippen molar-refractivity contribution in [2.24, 2.45) is 5.92 Å². The van der Waals surface area contributed by atoms with Crippen molar-refractivity contribution in [3.8, 4) is 26.9 Å². The summed E-state index contributed by atoms with van der Waals surface area (Å²) < 4.78 is 14.4. The molecular weight excluding hydrogens is 455 g/mol. The molecule has 3 heterocycles. The highest BCUT2D eigenvalue weighted by Gasteiger charge is 2.22. The van der Waals surface area contributed by atoms with Gasteiger partial charge in [0.2, 0.25) is 5.91 Å². The molecule has 11 heteroatoms. The third kappa shape index (κ3) is 4.64. The van der Waals surface area contributed by atoms with E-state index in [1.807, 2.05) is 6.92 Å². The first kappa shape index (κ1) is 22.3. The van der Waals surface area contributed by atoms with Gasteiger partial charge >= 0.3 is 5.97 Å². The zero-order valence-electron chi connectivity index (χ0n) is 17.1. The van der Waals surface area contributed by atoms with Crippen molar-refractivity contribution in [3.63, 3.8) is 0 Å². The number of phenols is 1. The van der Waals surface area contributed by atoms with Crippen LogP contribution in [0.15, 0.2) is 17.5 Å². The van der Waals surface area contributed by atoms with Gasteiger partial charge in [-0.15, -0.1) is 22.7 Å². The van der Waals surface area contributed by atoms with E-state index < -0.39 is 23.1 Å². The molecule has 8 nitrogen and oxygen atoms in total. The molecule has 2 aromatic heterocycles. The zero-order valence-corrected chi connectivity index (χ0v) is 18.8. The SMILES string of the molecule is Cc1nc(CNC(=O)C2CCNCC2)sc1-c1csc(-c2cc(O)c(C(=O)O)cc2F)n1. The normalized spacial score (nSPS) is 14.4. The van der Waals surface area contributed by atoms with Crippen LogP contribution in [-0.4, -0.2) is 45.1 Å². The molecule has 1 aliphatic heterocycles. The molecule has 1 amide bonds. The predicted octanol–water partition coefficient (Wildman–Crippen LogP) is 3.40. The Balaban J connectivity index is 1.50. The fourth-order valence-corrected chi connectivity index (χ4v) is 5.42. The average molecular weight is 477 g/mol. The molecule has 0 spiro atoms. The minimum Gasteiger partial charge on any atom is -0.507 e. The average Bonchev–Trinajstić information content (AvgIpc) is 3.40. The summed E-state index contributed by atoms with van der Waals surface area (Å²) in [5.74, 6) is -2.64. The van der Waals surface area contributed by atoms with E-state index in [1.54, 1.807) is 5.38 Å². The fourth-order valence-electron chi connectivity index (χ4n) is 3.56. The number of carbonyl (C=O) groups excluding carboxylic acids is 1. The van der Waals surface area contributed by atoms with Gasteiger partial charge in [0.25, 0.3) is 0 Å². The first-order valence-corrected chi connectivity index (χ1v) is 11.7. The summed E-state index contributed by atoms with van der Waals surface area (Å²) in [5, 5.41) is 27.9. The summed E-state index contributed by atoms with van der Waals surface area (Å²) >= 11 is 2.59. The number of nitrogens with one attached hydrogen (secondary N) is 2. The molecule has 32 heavy (non-hydrogen) atoms. The Hall–Kier alpha value is -2.89. The number of amides is 1. The molecule has 0 unspecified atom stereocenters. The highest BCUT2D eigenvalue weighted by atomic mass is 32.1. The summed E-state index contributed by atoms with van der Waals surface area (Å²) in [6, 6.07) is 1.86. The molecule has 0 bridgehead atoms. The van der Waals surface area contributed by atoms with E-state index in [2.05, 4.69) is 20.6 Å². The number of nitrogens with zero attached hydrogens (tertiary/aromatic N) is 2. The molecule has 4 rings (SSSR count). The highest BCUT2D eigenvalue weighted by Crippen LogP contribution is 2.36. The van der Waals surface area contributed by atoms with Gasteiger partial charge in [0.05, 0.1) is 22.8 Å². The van der Waals surface area contributed by atoms with Crippen molar-refractivity contribution in [2.45, 2.75) is 26.3 Å². The smallest absolute Gasteiger partial charge is 0.339 e. The molecule has 3 aromatic rings. The number of piperidine rings is 1. The second-order valence-corrected chi connectivity index (χ2v) is 9.40. The molecule has 0 aliphatic carbocycles. The van der Waals surface area contributed by atoms with Crippen LogP contribution in [0, 0.1) is 18.7 Å². The third-order valence-corrected chi connectivity index (χ3v) is 7.30. The maximum atomic E-state index is 14.4. The first-order chi connectivity index (χ1) is 15.3. The Kier molecular flexibility index (Phi) is 6.49. The minimum absolute atomic E-state index is 0.0247. The second kappa shape index (κ2) is 9.31. The van der Waals surface area contributed by atoms with E-state index in [0.717, 1.165) is 53.6 Å². The van der Waals surface area contributed by atoms with Crippen LogP contribution < -0.4 is 10.6 Å². The van der Waals surface area contributed by atoms with Crippen LogP contribution in [0.2, 0.25) is 0 Å². The largest absolute Gasteiger partial charge is 0.507 e. The van der Waals surface area contributed by atoms with E-state index in [9.17, 15) is 19.1 Å². The number of benzene rings is 1. The molecule has 0 radical (unpaired) electrons. The maximum absolute atomic E-state index is 14.4. The van der Waals surface area contributed by atoms with Crippen LogP contribution in [0.5, 0.6) is 5.75 Å². The number of aryl methyl sites for hydroxylation is 1. The monoisotopic (exact) mass is 476 g/mol. The molecule has 1 aliphatic rings. The Morgan fingerprint density at radius 1 is 1.28 bits per heavy atom. The minimum atomic E-state index is -1.41. The zero-order chi connectivity index (χ0) is 22.8. The summed E-state index contributed by atoms with van der Waals surface area (Å²) in [4.78, 5) is 33.2. The van der Waals surface area contributed by atoms with Gasteiger partial charge in [0.1, 0.15) is 27.1 Å². The van der Waals surface area contributed by atoms with E-state index >= 15 is 0 Å². The molecule has 168 valence electrons. The Morgan fingerprint density at radius 3 is 2.75 bits per heavy atom. The molecule has 1 saturated heterocycles. The lowest BCUT2D eigenvalue weighted by molar-refractivity contribution is -0.125. The Labute approximate surface area is 191 Å². The van der Waals surface area contributed by atoms with Crippen molar-refractivity contribution >= 4 is 34.6 Å². The number of aromatic hydroxyl groups is 1. The van der Waals surface area contributed by atoms with Crippen molar-refractivity contribution < 1.29 is 24.2 Å². The first-order valence-electron chi connectivity index (χ1n) is 10.00. The highest BCUT2D eigenvalue weighted by molar-refractivity contribution is 7.16. The summed E-state index contributed by atoms with van der Waals surface area (Å²) in [5.41, 5.74) is 0.887. The quantitative estimate of drug-likeness (QED) is 0.430. The number of thiazole rings is 2. The lowest BCUT2D eigenvalue weighted by Gasteiger charge is -2.21. The number of carboxylic acid groups (broad SMARTS) is 1. The topological polar surface area (TPSA) is 124 Å². The van der Waals surface area contributed by atoms with Gasteiger partial charge in [0.15, 0.2) is 0 Å². The molecule has 0 atom stereocenters. The number of aromatic nitrogens is 2. The third-order valence-electron chi connectivity index (χ3n) is 5.25. The summed E-state index contributed by atoms with van der Waals surface area (Å²) in [6.07, 6.45) is 1.66. The summed E-state index contributed by atoms with van der Waals surface area (Å²) in [6.45, 7) is 3.88. The van der Waals surface area contributed by atoms with E-state index in [0.29, 0.717) is 17.2 Å². The predicted molar refractivity (Wildman–Crippen MR) is 119 cm³/mol. The van der Waals surface area contributed by atoms with Gasteiger partial charge in [-0.1, -0.05) is 0 Å². The van der Waals surface area contributed by atoms with Crippen LogP contribution in [0.1, 0.15) is 33.9 Å². The maximum Gasteiger partial charge on any atom is 0.339 e. The van der Waals surface area contributed by atoms with Crippen LogP contribution >= 0.6 is 22.7 Å². The molecular formula is C21H21FN4O4S2. The lowest BCUT2D eigenvalue weighted by Crippen LogP contribution is -2.37. The number of hydrogen-bond acceptors (Lipinski definition) is 8. The van der Waals surface area contributed by atoms with Crippen molar-refractivity contribution in [2.75, 3.05) is 13.1 Å². The Morgan fingerprint density at radius 2 is 2.03 bits per heavy atom. The van der Waals surface area contributed by atoms with Gasteiger partial charge in [-0.25, -0.2) is 19.2 Å². The van der Waals surface area contributed by atoms with Gasteiger partial charge in [0, 0.05) is 16.9 Å². The van der Waals surface area contributed by atoms with E-state index in [4.69, 9.17) is 5.11 Å². The van der Waals surface area contributed by atoms with Crippen LogP contribution in [0.3, 0.4) is 0 Å². The van der Waals surface area contributed by atoms with Gasteiger partial charge in [-0.2, -0.15) is 0 Å². The number of rotatable bonds is 6. The lowest BCUT2D eigenvalue weighted by atomic mass is 9.97. The van der Waals surface area contributed by atoms with E-state index in [-0.39, 0.29) is 17.4 Å². The van der Waals surface area contributed by atoms with Crippen LogP contribution in [0.4, 0.5) is 4.39 Å². The molecule has 0 saturated carbocycles. The van der Waals surface area contributed by atoms with Crippen molar-refractivity contribution in [1.29, 1.82) is 0 Å². The van der Waals surface area contributed by atoms with E-state index in [1.165, 1.54) is 22.7 Å². The summed E-state index contributed by atoms with van der Waals surface area (Å²) in [7, 11) is 0. The molecule has 1 fully saturated rings. The number of carbonyl (C=O) groups is 2. The van der Waals surface area contributed by atoms with Gasteiger partial charge in [-0.3, -0.25) is 4.79 Å². The number of halogens is 1. The number of aromatic carboxylic acids is 1. The standard InChI is InChI=1S/C21H21FN4O4S2/c1-10-18(32-17(25-10)8-24-19(28)11-2-4-23-5-3-11)15-9-31-20(26-15)12-7-16(27)13(21(29)30)6-14(12)22/h6-7,9,11,23,27H,2-5,8H2,1H3,(H,24,28)(H,29,30).